The van der Waals surface area contributed by atoms with E-state index in [1.807, 2.05) is 13.8 Å². The fourth-order valence-corrected chi connectivity index (χ4v) is 3.30. The molecule has 0 spiro atoms. The van der Waals surface area contributed by atoms with Gasteiger partial charge in [0.15, 0.2) is 0 Å². The molecule has 1 N–H and O–H groups in total. The summed E-state index contributed by atoms with van der Waals surface area (Å²) in [5.41, 5.74) is -0.818. The molecule has 0 aromatic heterocycles. The van der Waals surface area contributed by atoms with E-state index < -0.39 is 11.4 Å². The molecule has 0 aromatic rings. The summed E-state index contributed by atoms with van der Waals surface area (Å²) >= 11 is 0. The Bertz CT molecular complexity index is 352. The van der Waals surface area contributed by atoms with Gasteiger partial charge in [0, 0.05) is 19.5 Å². The second-order valence-electron chi connectivity index (χ2n) is 6.03. The minimum atomic E-state index is -0.818. The molecular formula is C14H23NO4. The van der Waals surface area contributed by atoms with Crippen LogP contribution in [0.5, 0.6) is 0 Å². The largest absolute Gasteiger partial charge is 0.481 e. The standard InChI is InChI=1S/C14H23NO4/c1-10-8-15(9-11(2)19-10)12(16)7-14(13(17)18)5-3-4-6-14/h10-11H,3-9H2,1-2H3,(H,17,18). The van der Waals surface area contributed by atoms with E-state index >= 15 is 0 Å². The molecule has 2 rings (SSSR count). The predicted octanol–water partition coefficient (Wildman–Crippen LogP) is 1.66. The molecule has 0 aromatic carbocycles. The van der Waals surface area contributed by atoms with Crippen molar-refractivity contribution in [3.8, 4) is 0 Å². The lowest BCUT2D eigenvalue weighted by molar-refractivity contribution is -0.156. The predicted molar refractivity (Wildman–Crippen MR) is 69.7 cm³/mol. The summed E-state index contributed by atoms with van der Waals surface area (Å²) in [6, 6.07) is 0. The maximum absolute atomic E-state index is 12.4. The van der Waals surface area contributed by atoms with Crippen LogP contribution in [0.3, 0.4) is 0 Å². The van der Waals surface area contributed by atoms with Crippen molar-refractivity contribution in [3.05, 3.63) is 0 Å². The quantitative estimate of drug-likeness (QED) is 0.846. The van der Waals surface area contributed by atoms with Gasteiger partial charge in [0.2, 0.25) is 5.91 Å². The third-order valence-electron chi connectivity index (χ3n) is 4.28. The molecule has 5 nitrogen and oxygen atoms in total. The van der Waals surface area contributed by atoms with E-state index in [4.69, 9.17) is 4.74 Å². The molecule has 1 amide bonds. The maximum atomic E-state index is 12.4. The zero-order valence-electron chi connectivity index (χ0n) is 11.7. The van der Waals surface area contributed by atoms with Gasteiger partial charge in [-0.05, 0) is 26.7 Å². The Morgan fingerprint density at radius 3 is 2.21 bits per heavy atom. The van der Waals surface area contributed by atoms with Crippen LogP contribution in [0.15, 0.2) is 0 Å². The van der Waals surface area contributed by atoms with E-state index in [0.29, 0.717) is 25.9 Å². The Morgan fingerprint density at radius 1 is 1.21 bits per heavy atom. The number of hydrogen-bond acceptors (Lipinski definition) is 3. The number of amides is 1. The first kappa shape index (κ1) is 14.3. The molecule has 5 heteroatoms. The van der Waals surface area contributed by atoms with E-state index in [0.717, 1.165) is 12.8 Å². The van der Waals surface area contributed by atoms with E-state index in [-0.39, 0.29) is 24.5 Å². The Kier molecular flexibility index (Phi) is 4.13. The molecule has 1 heterocycles. The van der Waals surface area contributed by atoms with Crippen molar-refractivity contribution in [3.63, 3.8) is 0 Å². The molecule has 1 saturated carbocycles. The molecule has 0 radical (unpaired) electrons. The summed E-state index contributed by atoms with van der Waals surface area (Å²) in [4.78, 5) is 25.6. The zero-order valence-corrected chi connectivity index (χ0v) is 11.7. The summed E-state index contributed by atoms with van der Waals surface area (Å²) in [6.45, 7) is 5.02. The van der Waals surface area contributed by atoms with Gasteiger partial charge in [0.25, 0.3) is 0 Å². The second kappa shape index (κ2) is 5.49. The van der Waals surface area contributed by atoms with Gasteiger partial charge in [-0.2, -0.15) is 0 Å². The van der Waals surface area contributed by atoms with Crippen molar-refractivity contribution in [2.24, 2.45) is 5.41 Å². The van der Waals surface area contributed by atoms with Gasteiger partial charge in [-0.1, -0.05) is 12.8 Å². The molecular weight excluding hydrogens is 246 g/mol. The van der Waals surface area contributed by atoms with Gasteiger partial charge in [0.05, 0.1) is 17.6 Å². The van der Waals surface area contributed by atoms with Crippen molar-refractivity contribution in [2.45, 2.75) is 58.2 Å². The lowest BCUT2D eigenvalue weighted by atomic mass is 9.82. The number of morpholine rings is 1. The van der Waals surface area contributed by atoms with Crippen LogP contribution in [0, 0.1) is 5.41 Å². The third-order valence-corrected chi connectivity index (χ3v) is 4.28. The van der Waals surface area contributed by atoms with Crippen LogP contribution in [0.25, 0.3) is 0 Å². The Morgan fingerprint density at radius 2 is 1.74 bits per heavy atom. The molecule has 1 saturated heterocycles. The Balaban J connectivity index is 2.01. The van der Waals surface area contributed by atoms with E-state index in [9.17, 15) is 14.7 Å². The molecule has 108 valence electrons. The average Bonchev–Trinajstić information content (AvgIpc) is 2.77. The highest BCUT2D eigenvalue weighted by Gasteiger charge is 2.44. The maximum Gasteiger partial charge on any atom is 0.310 e. The third kappa shape index (κ3) is 3.08. The topological polar surface area (TPSA) is 66.8 Å². The van der Waals surface area contributed by atoms with Crippen LogP contribution in [-0.2, 0) is 14.3 Å². The normalized spacial score (nSPS) is 30.3. The number of nitrogens with zero attached hydrogens (tertiary/aromatic N) is 1. The number of rotatable bonds is 3. The first-order valence-corrected chi connectivity index (χ1v) is 7.09. The smallest absolute Gasteiger partial charge is 0.310 e. The summed E-state index contributed by atoms with van der Waals surface area (Å²) < 4.78 is 5.60. The molecule has 0 bridgehead atoms. The Labute approximate surface area is 113 Å². The van der Waals surface area contributed by atoms with Crippen LogP contribution in [0.1, 0.15) is 46.0 Å². The van der Waals surface area contributed by atoms with Gasteiger partial charge in [0.1, 0.15) is 0 Å². The number of carboxylic acids is 1. The number of ether oxygens (including phenoxy) is 1. The molecule has 2 aliphatic rings. The van der Waals surface area contributed by atoms with Gasteiger partial charge in [-0.3, -0.25) is 9.59 Å². The molecule has 2 atom stereocenters. The van der Waals surface area contributed by atoms with Crippen molar-refractivity contribution < 1.29 is 19.4 Å². The van der Waals surface area contributed by atoms with Crippen LogP contribution < -0.4 is 0 Å². The molecule has 1 aliphatic heterocycles. The lowest BCUT2D eigenvalue weighted by Crippen LogP contribution is -2.49. The highest BCUT2D eigenvalue weighted by Crippen LogP contribution is 2.41. The van der Waals surface area contributed by atoms with E-state index in [1.165, 1.54) is 0 Å². The highest BCUT2D eigenvalue weighted by atomic mass is 16.5. The van der Waals surface area contributed by atoms with Crippen LogP contribution in [0.4, 0.5) is 0 Å². The first-order valence-electron chi connectivity index (χ1n) is 7.09. The summed E-state index contributed by atoms with van der Waals surface area (Å²) in [6.07, 6.45) is 3.27. The number of hydrogen-bond donors (Lipinski definition) is 1. The molecule has 2 fully saturated rings. The number of carboxylic acid groups (broad SMARTS) is 1. The lowest BCUT2D eigenvalue weighted by Gasteiger charge is -2.37. The fourth-order valence-electron chi connectivity index (χ4n) is 3.30. The minimum Gasteiger partial charge on any atom is -0.481 e. The average molecular weight is 269 g/mol. The second-order valence-corrected chi connectivity index (χ2v) is 6.03. The SMILES string of the molecule is CC1CN(C(=O)CC2(C(=O)O)CCCC2)CC(C)O1. The monoisotopic (exact) mass is 269 g/mol. The molecule has 2 unspecified atom stereocenters. The number of carbonyl (C=O) groups excluding carboxylic acids is 1. The van der Waals surface area contributed by atoms with Gasteiger partial charge in [-0.25, -0.2) is 0 Å². The van der Waals surface area contributed by atoms with Gasteiger partial charge >= 0.3 is 5.97 Å². The van der Waals surface area contributed by atoms with Gasteiger partial charge < -0.3 is 14.7 Å². The minimum absolute atomic E-state index is 0.0251. The first-order chi connectivity index (χ1) is 8.93. The Hall–Kier alpha value is -1.10. The summed E-state index contributed by atoms with van der Waals surface area (Å²) in [5, 5.41) is 9.42. The van der Waals surface area contributed by atoms with Crippen molar-refractivity contribution in [2.75, 3.05) is 13.1 Å². The molecule has 1 aliphatic carbocycles. The zero-order chi connectivity index (χ0) is 14.0. The van der Waals surface area contributed by atoms with Crippen LogP contribution in [-0.4, -0.2) is 47.2 Å². The molecule has 19 heavy (non-hydrogen) atoms. The van der Waals surface area contributed by atoms with E-state index in [2.05, 4.69) is 0 Å². The van der Waals surface area contributed by atoms with E-state index in [1.54, 1.807) is 4.90 Å². The number of aliphatic carboxylic acids is 1. The van der Waals surface area contributed by atoms with Crippen LogP contribution in [0.2, 0.25) is 0 Å². The van der Waals surface area contributed by atoms with Crippen molar-refractivity contribution in [1.82, 2.24) is 4.90 Å². The number of carbonyl (C=O) groups is 2. The van der Waals surface area contributed by atoms with Gasteiger partial charge in [-0.15, -0.1) is 0 Å². The van der Waals surface area contributed by atoms with Crippen molar-refractivity contribution >= 4 is 11.9 Å². The summed E-state index contributed by atoms with van der Waals surface area (Å²) in [7, 11) is 0. The summed E-state index contributed by atoms with van der Waals surface area (Å²) in [5.74, 6) is -0.848. The fraction of sp³-hybridized carbons (Fsp3) is 0.857. The highest BCUT2D eigenvalue weighted by molar-refractivity contribution is 5.85. The van der Waals surface area contributed by atoms with Crippen LogP contribution >= 0.6 is 0 Å². The van der Waals surface area contributed by atoms with Crippen molar-refractivity contribution in [1.29, 1.82) is 0 Å².